The molecule has 1 amide bonds. The second-order valence-corrected chi connectivity index (χ2v) is 4.31. The predicted molar refractivity (Wildman–Crippen MR) is 55.5 cm³/mol. The number of rotatable bonds is 4. The SMILES string of the molecule is CNC(=O)C1(C)CCN(CCC(=O)O)C1. The molecule has 5 nitrogen and oxygen atoms in total. The van der Waals surface area contributed by atoms with Crippen molar-refractivity contribution in [1.82, 2.24) is 10.2 Å². The number of hydrogen-bond acceptors (Lipinski definition) is 3. The van der Waals surface area contributed by atoms with Crippen LogP contribution in [-0.2, 0) is 9.59 Å². The van der Waals surface area contributed by atoms with Crippen molar-refractivity contribution < 1.29 is 14.7 Å². The van der Waals surface area contributed by atoms with Gasteiger partial charge in [0.05, 0.1) is 11.8 Å². The normalized spacial score (nSPS) is 26.5. The van der Waals surface area contributed by atoms with E-state index in [1.54, 1.807) is 7.05 Å². The van der Waals surface area contributed by atoms with Gasteiger partial charge in [-0.3, -0.25) is 9.59 Å². The minimum absolute atomic E-state index is 0.0420. The summed E-state index contributed by atoms with van der Waals surface area (Å²) in [4.78, 5) is 24.0. The van der Waals surface area contributed by atoms with Gasteiger partial charge in [0.1, 0.15) is 0 Å². The van der Waals surface area contributed by atoms with Crippen molar-refractivity contribution in [3.63, 3.8) is 0 Å². The van der Waals surface area contributed by atoms with Gasteiger partial charge in [0.25, 0.3) is 0 Å². The van der Waals surface area contributed by atoms with Crippen molar-refractivity contribution >= 4 is 11.9 Å². The van der Waals surface area contributed by atoms with Crippen molar-refractivity contribution in [2.75, 3.05) is 26.7 Å². The van der Waals surface area contributed by atoms with Crippen LogP contribution in [0.25, 0.3) is 0 Å². The Bertz CT molecular complexity index is 267. The molecule has 1 fully saturated rings. The molecule has 15 heavy (non-hydrogen) atoms. The molecule has 0 saturated carbocycles. The number of nitrogens with zero attached hydrogens (tertiary/aromatic N) is 1. The molecule has 0 aliphatic carbocycles. The zero-order valence-corrected chi connectivity index (χ0v) is 9.25. The zero-order valence-electron chi connectivity index (χ0n) is 9.25. The van der Waals surface area contributed by atoms with Crippen LogP contribution in [0.2, 0.25) is 0 Å². The summed E-state index contributed by atoms with van der Waals surface area (Å²) in [5.74, 6) is -0.746. The number of aliphatic carboxylic acids is 1. The molecular weight excluding hydrogens is 196 g/mol. The van der Waals surface area contributed by atoms with E-state index in [2.05, 4.69) is 5.32 Å². The summed E-state index contributed by atoms with van der Waals surface area (Å²) in [6.45, 7) is 3.91. The number of likely N-dealkylation sites (tertiary alicyclic amines) is 1. The first-order valence-corrected chi connectivity index (χ1v) is 5.14. The standard InChI is InChI=1S/C10H18N2O3/c1-10(9(15)11-2)4-6-12(7-10)5-3-8(13)14/h3-7H2,1-2H3,(H,11,15)(H,13,14). The molecule has 1 unspecified atom stereocenters. The largest absolute Gasteiger partial charge is 0.481 e. The van der Waals surface area contributed by atoms with E-state index in [-0.39, 0.29) is 17.7 Å². The molecular formula is C10H18N2O3. The van der Waals surface area contributed by atoms with Gasteiger partial charge >= 0.3 is 5.97 Å². The summed E-state index contributed by atoms with van der Waals surface area (Å²) in [5, 5.41) is 11.2. The molecule has 0 spiro atoms. The quantitative estimate of drug-likeness (QED) is 0.686. The van der Waals surface area contributed by atoms with E-state index in [0.717, 1.165) is 13.0 Å². The molecule has 1 aliphatic rings. The van der Waals surface area contributed by atoms with E-state index in [0.29, 0.717) is 13.1 Å². The van der Waals surface area contributed by atoms with Gasteiger partial charge < -0.3 is 15.3 Å². The predicted octanol–water partition coefficient (Wildman–Crippen LogP) is -0.0809. The maximum atomic E-state index is 11.6. The number of amides is 1. The average molecular weight is 214 g/mol. The van der Waals surface area contributed by atoms with Crippen LogP contribution in [0.1, 0.15) is 19.8 Å². The van der Waals surface area contributed by atoms with E-state index in [9.17, 15) is 9.59 Å². The monoisotopic (exact) mass is 214 g/mol. The fraction of sp³-hybridized carbons (Fsp3) is 0.800. The molecule has 2 N–H and O–H groups in total. The van der Waals surface area contributed by atoms with E-state index in [1.165, 1.54) is 0 Å². The molecule has 1 rings (SSSR count). The number of carboxylic acid groups (broad SMARTS) is 1. The highest BCUT2D eigenvalue weighted by Crippen LogP contribution is 2.29. The molecule has 0 aromatic carbocycles. The molecule has 1 saturated heterocycles. The first-order valence-electron chi connectivity index (χ1n) is 5.14. The van der Waals surface area contributed by atoms with E-state index >= 15 is 0 Å². The molecule has 1 atom stereocenters. The smallest absolute Gasteiger partial charge is 0.304 e. The lowest BCUT2D eigenvalue weighted by molar-refractivity contribution is -0.137. The van der Waals surface area contributed by atoms with Crippen LogP contribution < -0.4 is 5.32 Å². The first kappa shape index (κ1) is 12.0. The summed E-state index contributed by atoms with van der Waals surface area (Å²) in [7, 11) is 1.63. The molecule has 0 radical (unpaired) electrons. The molecule has 0 bridgehead atoms. The Hall–Kier alpha value is -1.10. The van der Waals surface area contributed by atoms with Crippen LogP contribution >= 0.6 is 0 Å². The summed E-state index contributed by atoms with van der Waals surface area (Å²) < 4.78 is 0. The fourth-order valence-corrected chi connectivity index (χ4v) is 1.99. The van der Waals surface area contributed by atoms with Crippen LogP contribution in [0.4, 0.5) is 0 Å². The van der Waals surface area contributed by atoms with Gasteiger partial charge in [0, 0.05) is 20.1 Å². The van der Waals surface area contributed by atoms with Crippen LogP contribution in [0.15, 0.2) is 0 Å². The zero-order chi connectivity index (χ0) is 11.5. The third-order valence-electron chi connectivity index (χ3n) is 2.97. The number of carbonyl (C=O) groups excluding carboxylic acids is 1. The molecule has 1 heterocycles. The highest BCUT2D eigenvalue weighted by atomic mass is 16.4. The first-order chi connectivity index (χ1) is 6.98. The lowest BCUT2D eigenvalue weighted by atomic mass is 9.89. The Balaban J connectivity index is 2.44. The third kappa shape index (κ3) is 2.92. The number of hydrogen-bond donors (Lipinski definition) is 2. The van der Waals surface area contributed by atoms with Gasteiger partial charge in [-0.15, -0.1) is 0 Å². The molecule has 0 aromatic rings. The van der Waals surface area contributed by atoms with Crippen LogP contribution in [0, 0.1) is 5.41 Å². The lowest BCUT2D eigenvalue weighted by Gasteiger charge is -2.22. The maximum absolute atomic E-state index is 11.6. The second kappa shape index (κ2) is 4.61. The van der Waals surface area contributed by atoms with Crippen molar-refractivity contribution in [2.24, 2.45) is 5.41 Å². The molecule has 1 aliphatic heterocycles. The Labute approximate surface area is 89.4 Å². The highest BCUT2D eigenvalue weighted by molar-refractivity contribution is 5.82. The number of carboxylic acids is 1. The van der Waals surface area contributed by atoms with Gasteiger partial charge in [0.2, 0.25) is 5.91 Å². The Morgan fingerprint density at radius 2 is 2.20 bits per heavy atom. The van der Waals surface area contributed by atoms with Crippen LogP contribution in [0.3, 0.4) is 0 Å². The lowest BCUT2D eigenvalue weighted by Crippen LogP contribution is -2.39. The van der Waals surface area contributed by atoms with Crippen LogP contribution in [-0.4, -0.2) is 48.6 Å². The van der Waals surface area contributed by atoms with E-state index in [1.807, 2.05) is 11.8 Å². The molecule has 86 valence electrons. The summed E-state index contributed by atoms with van der Waals surface area (Å²) in [6, 6.07) is 0. The van der Waals surface area contributed by atoms with Crippen molar-refractivity contribution in [3.8, 4) is 0 Å². The molecule has 0 aromatic heterocycles. The van der Waals surface area contributed by atoms with E-state index in [4.69, 9.17) is 5.11 Å². The van der Waals surface area contributed by atoms with E-state index < -0.39 is 5.97 Å². The molecule has 5 heteroatoms. The average Bonchev–Trinajstić information content (AvgIpc) is 2.57. The Morgan fingerprint density at radius 1 is 1.53 bits per heavy atom. The van der Waals surface area contributed by atoms with Crippen molar-refractivity contribution in [3.05, 3.63) is 0 Å². The van der Waals surface area contributed by atoms with Gasteiger partial charge in [0.15, 0.2) is 0 Å². The second-order valence-electron chi connectivity index (χ2n) is 4.31. The Morgan fingerprint density at radius 3 is 2.73 bits per heavy atom. The number of carbonyl (C=O) groups is 2. The minimum Gasteiger partial charge on any atom is -0.481 e. The minimum atomic E-state index is -0.788. The van der Waals surface area contributed by atoms with Crippen molar-refractivity contribution in [1.29, 1.82) is 0 Å². The highest BCUT2D eigenvalue weighted by Gasteiger charge is 2.39. The summed E-state index contributed by atoms with van der Waals surface area (Å²) >= 11 is 0. The van der Waals surface area contributed by atoms with Gasteiger partial charge in [-0.05, 0) is 19.9 Å². The topological polar surface area (TPSA) is 69.6 Å². The summed E-state index contributed by atoms with van der Waals surface area (Å²) in [5.41, 5.74) is -0.354. The maximum Gasteiger partial charge on any atom is 0.304 e. The van der Waals surface area contributed by atoms with Gasteiger partial charge in [-0.25, -0.2) is 0 Å². The van der Waals surface area contributed by atoms with Gasteiger partial charge in [-0.1, -0.05) is 0 Å². The fourth-order valence-electron chi connectivity index (χ4n) is 1.99. The summed E-state index contributed by atoms with van der Waals surface area (Å²) in [6.07, 6.45) is 0.941. The Kier molecular flexibility index (Phi) is 3.68. The van der Waals surface area contributed by atoms with Crippen molar-refractivity contribution in [2.45, 2.75) is 19.8 Å². The third-order valence-corrected chi connectivity index (χ3v) is 2.97. The number of nitrogens with one attached hydrogen (secondary N) is 1. The van der Waals surface area contributed by atoms with Gasteiger partial charge in [-0.2, -0.15) is 0 Å². The van der Waals surface area contributed by atoms with Crippen LogP contribution in [0.5, 0.6) is 0 Å².